The van der Waals surface area contributed by atoms with Crippen molar-refractivity contribution in [1.82, 2.24) is 0 Å². The van der Waals surface area contributed by atoms with E-state index >= 15 is 0 Å². The summed E-state index contributed by atoms with van der Waals surface area (Å²) in [4.78, 5) is 10.8. The van der Waals surface area contributed by atoms with E-state index in [1.807, 2.05) is 36.4 Å². The second-order valence-electron chi connectivity index (χ2n) is 8.24. The molecule has 0 heterocycles. The van der Waals surface area contributed by atoms with Gasteiger partial charge in [-0.1, -0.05) is 42.5 Å². The molecule has 33 heavy (non-hydrogen) atoms. The topological polar surface area (TPSA) is 55.8 Å². The fourth-order valence-electron chi connectivity index (χ4n) is 4.16. The van der Waals surface area contributed by atoms with Gasteiger partial charge in [-0.05, 0) is 83.3 Å². The smallest absolute Gasteiger partial charge is 0.328 e. The van der Waals surface area contributed by atoms with Crippen molar-refractivity contribution in [3.63, 3.8) is 0 Å². The van der Waals surface area contributed by atoms with Crippen LogP contribution in [-0.4, -0.2) is 18.2 Å². The number of hydrogen-bond acceptors (Lipinski definition) is 3. The Morgan fingerprint density at radius 2 is 1.67 bits per heavy atom. The molecule has 4 nitrogen and oxygen atoms in total. The Bertz CT molecular complexity index is 1330. The van der Waals surface area contributed by atoms with Gasteiger partial charge in [0, 0.05) is 17.0 Å². The van der Waals surface area contributed by atoms with Gasteiger partial charge in [0.2, 0.25) is 0 Å². The van der Waals surface area contributed by atoms with Crippen molar-refractivity contribution >= 4 is 22.8 Å². The van der Waals surface area contributed by atoms with Gasteiger partial charge in [-0.15, -0.1) is 0 Å². The van der Waals surface area contributed by atoms with E-state index in [0.29, 0.717) is 11.7 Å². The molecule has 4 heteroatoms. The number of carboxylic acids is 1. The van der Waals surface area contributed by atoms with Crippen molar-refractivity contribution in [3.05, 3.63) is 96.1 Å². The van der Waals surface area contributed by atoms with E-state index in [-0.39, 0.29) is 0 Å². The van der Waals surface area contributed by atoms with E-state index in [1.54, 1.807) is 13.2 Å². The van der Waals surface area contributed by atoms with Crippen molar-refractivity contribution < 1.29 is 19.4 Å². The lowest BCUT2D eigenvalue weighted by atomic mass is 9.91. The van der Waals surface area contributed by atoms with E-state index < -0.39 is 5.97 Å². The minimum absolute atomic E-state index is 0.529. The zero-order chi connectivity index (χ0) is 22.8. The normalized spacial score (nSPS) is 13.4. The molecule has 4 aromatic carbocycles. The van der Waals surface area contributed by atoms with Gasteiger partial charge in [-0.2, -0.15) is 0 Å². The molecule has 0 unspecified atom stereocenters. The maximum atomic E-state index is 10.8. The Morgan fingerprint density at radius 3 is 2.33 bits per heavy atom. The molecule has 1 aliphatic rings. The molecule has 0 aliphatic heterocycles. The summed E-state index contributed by atoms with van der Waals surface area (Å²) in [5.74, 6) is 1.90. The maximum Gasteiger partial charge on any atom is 0.328 e. The van der Waals surface area contributed by atoms with Crippen LogP contribution in [-0.2, 0) is 4.79 Å². The lowest BCUT2D eigenvalue weighted by Crippen LogP contribution is -1.96. The molecule has 0 spiro atoms. The second kappa shape index (κ2) is 8.83. The first kappa shape index (κ1) is 20.8. The average molecular weight is 437 g/mol. The van der Waals surface area contributed by atoms with Gasteiger partial charge >= 0.3 is 5.97 Å². The largest absolute Gasteiger partial charge is 0.497 e. The summed E-state index contributed by atoms with van der Waals surface area (Å²) in [5, 5.41) is 11.0. The quantitative estimate of drug-likeness (QED) is 0.309. The standard InChI is InChI=1S/C29H24O4/c1-32-24-14-15-25-22(17-24)18-26(20-10-11-20)28(21-5-3-2-4-6-21)29(25)33-23-12-7-19(8-13-23)9-16-27(30)31/h2-9,12-18,20H,10-11H2,1H3,(H,30,31). The molecule has 0 radical (unpaired) electrons. The van der Waals surface area contributed by atoms with Crippen LogP contribution in [0, 0.1) is 0 Å². The number of carboxylic acid groups (broad SMARTS) is 1. The first-order chi connectivity index (χ1) is 16.1. The molecule has 164 valence electrons. The molecule has 0 aromatic heterocycles. The van der Waals surface area contributed by atoms with E-state index in [9.17, 15) is 4.79 Å². The summed E-state index contributed by atoms with van der Waals surface area (Å²) in [6.45, 7) is 0. The molecule has 1 N–H and O–H groups in total. The lowest BCUT2D eigenvalue weighted by Gasteiger charge is -2.19. The van der Waals surface area contributed by atoms with Crippen molar-refractivity contribution in [2.24, 2.45) is 0 Å². The average Bonchev–Trinajstić information content (AvgIpc) is 3.69. The summed E-state index contributed by atoms with van der Waals surface area (Å²) in [7, 11) is 1.68. The number of hydrogen-bond donors (Lipinski definition) is 1. The second-order valence-corrected chi connectivity index (χ2v) is 8.24. The third-order valence-electron chi connectivity index (χ3n) is 5.93. The number of methoxy groups -OCH3 is 1. The molecule has 0 atom stereocenters. The van der Waals surface area contributed by atoms with Crippen molar-refractivity contribution in [2.45, 2.75) is 18.8 Å². The summed E-state index contributed by atoms with van der Waals surface area (Å²) in [6, 6.07) is 26.2. The highest BCUT2D eigenvalue weighted by Gasteiger charge is 2.29. The van der Waals surface area contributed by atoms with Crippen LogP contribution < -0.4 is 9.47 Å². The zero-order valence-electron chi connectivity index (χ0n) is 18.3. The molecular weight excluding hydrogens is 412 g/mol. The van der Waals surface area contributed by atoms with Crippen LogP contribution in [0.2, 0.25) is 0 Å². The first-order valence-electron chi connectivity index (χ1n) is 11.0. The highest BCUT2D eigenvalue weighted by Crippen LogP contribution is 2.51. The van der Waals surface area contributed by atoms with Gasteiger partial charge < -0.3 is 14.6 Å². The molecule has 1 aliphatic carbocycles. The lowest BCUT2D eigenvalue weighted by molar-refractivity contribution is -0.131. The van der Waals surface area contributed by atoms with Gasteiger partial charge in [-0.3, -0.25) is 0 Å². The molecule has 1 saturated carbocycles. The molecule has 0 bridgehead atoms. The monoisotopic (exact) mass is 436 g/mol. The van der Waals surface area contributed by atoms with Crippen molar-refractivity contribution in [1.29, 1.82) is 0 Å². The van der Waals surface area contributed by atoms with Crippen LogP contribution in [0.3, 0.4) is 0 Å². The number of fused-ring (bicyclic) bond motifs is 1. The van der Waals surface area contributed by atoms with Crippen LogP contribution in [0.15, 0.2) is 84.9 Å². The van der Waals surface area contributed by atoms with Crippen LogP contribution >= 0.6 is 0 Å². The molecule has 1 fully saturated rings. The Morgan fingerprint density at radius 1 is 0.939 bits per heavy atom. The van der Waals surface area contributed by atoms with E-state index in [4.69, 9.17) is 14.6 Å². The molecule has 4 aromatic rings. The fourth-order valence-corrected chi connectivity index (χ4v) is 4.16. The van der Waals surface area contributed by atoms with Gasteiger partial charge in [0.1, 0.15) is 17.2 Å². The summed E-state index contributed by atoms with van der Waals surface area (Å²) >= 11 is 0. The fraction of sp³-hybridized carbons (Fsp3) is 0.138. The summed E-state index contributed by atoms with van der Waals surface area (Å²) in [5.41, 5.74) is 4.37. The minimum Gasteiger partial charge on any atom is -0.497 e. The predicted molar refractivity (Wildman–Crippen MR) is 131 cm³/mol. The Labute approximate surface area is 192 Å². The molecule has 0 saturated heterocycles. The van der Waals surface area contributed by atoms with E-state index in [0.717, 1.165) is 45.0 Å². The van der Waals surface area contributed by atoms with Crippen LogP contribution in [0.1, 0.15) is 29.9 Å². The number of benzene rings is 4. The Hall–Kier alpha value is -4.05. The number of ether oxygens (including phenoxy) is 2. The molecular formula is C29H24O4. The third-order valence-corrected chi connectivity index (χ3v) is 5.93. The SMILES string of the molecule is COc1ccc2c(Oc3ccc(C=CC(=O)O)cc3)c(-c3ccccc3)c(C3CC3)cc2c1. The number of carbonyl (C=O) groups is 1. The van der Waals surface area contributed by atoms with Crippen LogP contribution in [0.4, 0.5) is 0 Å². The first-order valence-corrected chi connectivity index (χ1v) is 11.0. The highest BCUT2D eigenvalue weighted by atomic mass is 16.5. The van der Waals surface area contributed by atoms with Crippen molar-refractivity contribution in [2.75, 3.05) is 7.11 Å². The Kier molecular flexibility index (Phi) is 5.57. The zero-order valence-corrected chi connectivity index (χ0v) is 18.3. The van der Waals surface area contributed by atoms with Crippen LogP contribution in [0.5, 0.6) is 17.2 Å². The molecule has 5 rings (SSSR count). The molecule has 0 amide bonds. The predicted octanol–water partition coefficient (Wildman–Crippen LogP) is 7.28. The van der Waals surface area contributed by atoms with Crippen LogP contribution in [0.25, 0.3) is 28.0 Å². The van der Waals surface area contributed by atoms with E-state index in [1.165, 1.54) is 18.4 Å². The third kappa shape index (κ3) is 4.46. The van der Waals surface area contributed by atoms with E-state index in [2.05, 4.69) is 42.5 Å². The van der Waals surface area contributed by atoms with Gasteiger partial charge in [0.15, 0.2) is 0 Å². The number of aliphatic carboxylic acids is 1. The van der Waals surface area contributed by atoms with Gasteiger partial charge in [0.05, 0.1) is 7.11 Å². The summed E-state index contributed by atoms with van der Waals surface area (Å²) in [6.07, 6.45) is 5.05. The van der Waals surface area contributed by atoms with Gasteiger partial charge in [0.25, 0.3) is 0 Å². The summed E-state index contributed by atoms with van der Waals surface area (Å²) < 4.78 is 12.0. The number of rotatable bonds is 7. The Balaban J connectivity index is 1.66. The van der Waals surface area contributed by atoms with Crippen molar-refractivity contribution in [3.8, 4) is 28.4 Å². The minimum atomic E-state index is -0.971. The van der Waals surface area contributed by atoms with Gasteiger partial charge in [-0.25, -0.2) is 4.79 Å². The highest BCUT2D eigenvalue weighted by molar-refractivity contribution is 5.98. The maximum absolute atomic E-state index is 10.8.